The van der Waals surface area contributed by atoms with Gasteiger partial charge in [-0.1, -0.05) is 30.4 Å². The predicted molar refractivity (Wildman–Crippen MR) is 127 cm³/mol. The molecule has 2 aromatic carbocycles. The van der Waals surface area contributed by atoms with E-state index in [4.69, 9.17) is 4.74 Å². The second-order valence-corrected chi connectivity index (χ2v) is 8.13. The van der Waals surface area contributed by atoms with Crippen LogP contribution in [0.25, 0.3) is 0 Å². The fourth-order valence-electron chi connectivity index (χ4n) is 2.91. The summed E-state index contributed by atoms with van der Waals surface area (Å²) in [7, 11) is 1.55. The highest BCUT2D eigenvalue weighted by Gasteiger charge is 2.12. The highest BCUT2D eigenvalue weighted by molar-refractivity contribution is 7.15. The molecule has 0 saturated heterocycles. The number of nitrogens with zero attached hydrogens (tertiary/aromatic N) is 2. The Hall–Kier alpha value is -3.79. The molecule has 9 nitrogen and oxygen atoms in total. The minimum atomic E-state index is -0.351. The normalized spacial score (nSPS) is 10.4. The summed E-state index contributed by atoms with van der Waals surface area (Å²) >= 11 is 1.24. The van der Waals surface area contributed by atoms with Crippen LogP contribution in [0.5, 0.6) is 5.75 Å². The largest absolute Gasteiger partial charge is 0.497 e. The van der Waals surface area contributed by atoms with Gasteiger partial charge in [-0.2, -0.15) is 0 Å². The lowest BCUT2D eigenvalue weighted by Gasteiger charge is -2.06. The van der Waals surface area contributed by atoms with Gasteiger partial charge in [-0.3, -0.25) is 19.7 Å². The van der Waals surface area contributed by atoms with Gasteiger partial charge in [-0.05, 0) is 42.8 Å². The van der Waals surface area contributed by atoms with Crippen molar-refractivity contribution in [3.05, 3.63) is 64.7 Å². The van der Waals surface area contributed by atoms with E-state index < -0.39 is 0 Å². The minimum absolute atomic E-state index is 0.0951. The van der Waals surface area contributed by atoms with Gasteiger partial charge >= 0.3 is 0 Å². The third-order valence-corrected chi connectivity index (χ3v) is 5.43. The first kappa shape index (κ1) is 23.9. The lowest BCUT2D eigenvalue weighted by Crippen LogP contribution is -2.25. The predicted octanol–water partition coefficient (Wildman–Crippen LogP) is 3.51. The van der Waals surface area contributed by atoms with E-state index in [9.17, 15) is 14.4 Å². The van der Waals surface area contributed by atoms with E-state index in [1.165, 1.54) is 11.3 Å². The molecule has 0 aliphatic heterocycles. The van der Waals surface area contributed by atoms with Gasteiger partial charge in [0.15, 0.2) is 0 Å². The molecule has 1 heterocycles. The van der Waals surface area contributed by atoms with Crippen LogP contribution in [0.4, 0.5) is 10.8 Å². The van der Waals surface area contributed by atoms with Gasteiger partial charge in [0.25, 0.3) is 11.8 Å². The molecule has 0 unspecified atom stereocenters. The van der Waals surface area contributed by atoms with E-state index in [1.807, 2.05) is 6.92 Å². The van der Waals surface area contributed by atoms with Gasteiger partial charge < -0.3 is 15.4 Å². The van der Waals surface area contributed by atoms with Crippen molar-refractivity contribution in [3.8, 4) is 5.75 Å². The third-order valence-electron chi connectivity index (χ3n) is 4.53. The van der Waals surface area contributed by atoms with E-state index in [1.54, 1.807) is 55.6 Å². The number of hydrogen-bond acceptors (Lipinski definition) is 7. The number of benzene rings is 2. The Kier molecular flexibility index (Phi) is 8.48. The van der Waals surface area contributed by atoms with Crippen molar-refractivity contribution in [3.63, 3.8) is 0 Å². The van der Waals surface area contributed by atoms with E-state index >= 15 is 0 Å². The lowest BCUT2D eigenvalue weighted by atomic mass is 10.2. The second kappa shape index (κ2) is 11.7. The highest BCUT2D eigenvalue weighted by atomic mass is 32.1. The SMILES string of the molecule is CCCC(=O)Nc1cccc(C(=O)Nc2nnc(CCNC(=O)c3cccc(OC)c3)s2)c1. The van der Waals surface area contributed by atoms with Crippen LogP contribution in [0, 0.1) is 0 Å². The lowest BCUT2D eigenvalue weighted by molar-refractivity contribution is -0.116. The fraction of sp³-hybridized carbons (Fsp3) is 0.261. The molecule has 0 fully saturated rings. The maximum atomic E-state index is 12.5. The summed E-state index contributed by atoms with van der Waals surface area (Å²) in [6.45, 7) is 2.30. The van der Waals surface area contributed by atoms with Gasteiger partial charge in [0.1, 0.15) is 10.8 Å². The quantitative estimate of drug-likeness (QED) is 0.419. The van der Waals surface area contributed by atoms with Crippen LogP contribution in [-0.4, -0.2) is 41.6 Å². The standard InChI is InChI=1S/C23H25N5O4S/c1-3-6-19(29)25-17-9-4-7-15(13-17)22(31)26-23-28-27-20(33-23)11-12-24-21(30)16-8-5-10-18(14-16)32-2/h4-5,7-10,13-14H,3,6,11-12H2,1-2H3,(H,24,30)(H,25,29)(H,26,28,31). The summed E-state index contributed by atoms with van der Waals surface area (Å²) in [5, 5.41) is 17.4. The Balaban J connectivity index is 1.50. The molecule has 0 aliphatic carbocycles. The number of anilines is 2. The van der Waals surface area contributed by atoms with Gasteiger partial charge in [0, 0.05) is 36.2 Å². The van der Waals surface area contributed by atoms with Crippen molar-refractivity contribution < 1.29 is 19.1 Å². The third kappa shape index (κ3) is 7.11. The highest BCUT2D eigenvalue weighted by Crippen LogP contribution is 2.18. The molecule has 0 aliphatic rings. The molecule has 10 heteroatoms. The maximum Gasteiger partial charge on any atom is 0.257 e. The number of nitrogens with one attached hydrogen (secondary N) is 3. The van der Waals surface area contributed by atoms with Gasteiger partial charge in [-0.15, -0.1) is 10.2 Å². The Labute approximate surface area is 195 Å². The number of carbonyl (C=O) groups excluding carboxylic acids is 3. The van der Waals surface area contributed by atoms with Crippen molar-refractivity contribution in [2.24, 2.45) is 0 Å². The van der Waals surface area contributed by atoms with E-state index in [-0.39, 0.29) is 17.7 Å². The van der Waals surface area contributed by atoms with Crippen LogP contribution in [-0.2, 0) is 11.2 Å². The van der Waals surface area contributed by atoms with E-state index in [2.05, 4.69) is 26.1 Å². The van der Waals surface area contributed by atoms with Crippen molar-refractivity contribution in [2.75, 3.05) is 24.3 Å². The monoisotopic (exact) mass is 467 g/mol. The summed E-state index contributed by atoms with van der Waals surface area (Å²) in [6.07, 6.45) is 1.64. The molecule has 33 heavy (non-hydrogen) atoms. The van der Waals surface area contributed by atoms with Crippen LogP contribution >= 0.6 is 11.3 Å². The number of aromatic nitrogens is 2. The Morgan fingerprint density at radius 2 is 1.73 bits per heavy atom. The van der Waals surface area contributed by atoms with Crippen LogP contribution in [0.2, 0.25) is 0 Å². The van der Waals surface area contributed by atoms with Gasteiger partial charge in [0.2, 0.25) is 11.0 Å². The summed E-state index contributed by atoms with van der Waals surface area (Å²) in [5.74, 6) is -0.0446. The fourth-order valence-corrected chi connectivity index (χ4v) is 3.65. The number of hydrogen-bond donors (Lipinski definition) is 3. The molecule has 3 aromatic rings. The number of ether oxygens (including phenoxy) is 1. The van der Waals surface area contributed by atoms with Gasteiger partial charge in [-0.25, -0.2) is 0 Å². The summed E-state index contributed by atoms with van der Waals surface area (Å²) < 4.78 is 5.13. The number of methoxy groups -OCH3 is 1. The number of carbonyl (C=O) groups is 3. The zero-order chi connectivity index (χ0) is 23.6. The summed E-state index contributed by atoms with van der Waals surface area (Å²) in [4.78, 5) is 36.6. The van der Waals surface area contributed by atoms with E-state index in [0.717, 1.165) is 6.42 Å². The van der Waals surface area contributed by atoms with Crippen molar-refractivity contribution in [1.29, 1.82) is 0 Å². The van der Waals surface area contributed by atoms with Gasteiger partial charge in [0.05, 0.1) is 7.11 Å². The molecule has 0 spiro atoms. The number of amides is 3. The Morgan fingerprint density at radius 1 is 0.970 bits per heavy atom. The summed E-state index contributed by atoms with van der Waals surface area (Å²) in [6, 6.07) is 13.6. The van der Waals surface area contributed by atoms with Crippen molar-refractivity contribution >= 4 is 39.9 Å². The average Bonchev–Trinajstić information content (AvgIpc) is 3.26. The molecule has 3 rings (SSSR count). The van der Waals surface area contributed by atoms with Crippen LogP contribution in [0.3, 0.4) is 0 Å². The maximum absolute atomic E-state index is 12.5. The molecule has 0 atom stereocenters. The van der Waals surface area contributed by atoms with Crippen LogP contribution < -0.4 is 20.7 Å². The Bertz CT molecular complexity index is 1130. The van der Waals surface area contributed by atoms with E-state index in [0.29, 0.717) is 52.1 Å². The molecule has 0 saturated carbocycles. The number of rotatable bonds is 10. The molecule has 1 aromatic heterocycles. The molecular weight excluding hydrogens is 442 g/mol. The minimum Gasteiger partial charge on any atom is -0.497 e. The Morgan fingerprint density at radius 3 is 2.48 bits per heavy atom. The first-order valence-corrected chi connectivity index (χ1v) is 11.3. The topological polar surface area (TPSA) is 122 Å². The molecule has 3 N–H and O–H groups in total. The van der Waals surface area contributed by atoms with Crippen molar-refractivity contribution in [1.82, 2.24) is 15.5 Å². The van der Waals surface area contributed by atoms with Crippen molar-refractivity contribution in [2.45, 2.75) is 26.2 Å². The zero-order valence-electron chi connectivity index (χ0n) is 18.4. The molecule has 172 valence electrons. The van der Waals surface area contributed by atoms with Crippen LogP contribution in [0.15, 0.2) is 48.5 Å². The molecule has 0 bridgehead atoms. The first-order valence-electron chi connectivity index (χ1n) is 10.4. The second-order valence-electron chi connectivity index (χ2n) is 7.07. The average molecular weight is 468 g/mol. The molecule has 0 radical (unpaired) electrons. The zero-order valence-corrected chi connectivity index (χ0v) is 19.2. The summed E-state index contributed by atoms with van der Waals surface area (Å²) in [5.41, 5.74) is 1.46. The smallest absolute Gasteiger partial charge is 0.257 e. The molecule has 3 amide bonds. The molecular formula is C23H25N5O4S. The first-order chi connectivity index (χ1) is 16.0. The van der Waals surface area contributed by atoms with Crippen LogP contribution in [0.1, 0.15) is 45.5 Å².